The normalized spacial score (nSPS) is 12.2. The highest BCUT2D eigenvalue weighted by molar-refractivity contribution is 7.92. The van der Waals surface area contributed by atoms with E-state index >= 15 is 0 Å². The van der Waals surface area contributed by atoms with Gasteiger partial charge in [0.1, 0.15) is 11.3 Å². The maximum atomic E-state index is 14.4. The molecule has 0 aliphatic heterocycles. The number of hydrogen-bond donors (Lipinski definition) is 1. The summed E-state index contributed by atoms with van der Waals surface area (Å²) >= 11 is 11.7. The topological polar surface area (TPSA) is 136 Å². The second-order valence-corrected chi connectivity index (χ2v) is 10.4. The first-order valence-corrected chi connectivity index (χ1v) is 11.7. The van der Waals surface area contributed by atoms with Crippen molar-refractivity contribution in [2.75, 3.05) is 18.8 Å². The molecule has 3 aromatic rings. The van der Waals surface area contributed by atoms with Crippen molar-refractivity contribution in [2.24, 2.45) is 0 Å². The molecule has 0 bridgehead atoms. The molecule has 0 spiro atoms. The lowest BCUT2D eigenvalue weighted by molar-refractivity contribution is 0.428. The Morgan fingerprint density at radius 3 is 2.45 bits per heavy atom. The predicted octanol–water partition coefficient (Wildman–Crippen LogP) is 2.37. The Kier molecular flexibility index (Phi) is 6.38. The molecule has 2 aromatic heterocycles. The first kappa shape index (κ1) is 23.1. The van der Waals surface area contributed by atoms with Gasteiger partial charge in [-0.3, -0.25) is 4.72 Å². The van der Waals surface area contributed by atoms with Crippen LogP contribution in [0.2, 0.25) is 10.0 Å². The predicted molar refractivity (Wildman–Crippen MR) is 110 cm³/mol. The first-order valence-electron chi connectivity index (χ1n) is 8.06. The number of anilines is 1. The van der Waals surface area contributed by atoms with Gasteiger partial charge in [0.2, 0.25) is 5.88 Å². The molecule has 0 saturated carbocycles. The number of ether oxygens (including phenoxy) is 1. The minimum absolute atomic E-state index is 0.0472. The molecule has 0 radical (unpaired) electrons. The lowest BCUT2D eigenvalue weighted by Crippen LogP contribution is -2.29. The van der Waals surface area contributed by atoms with Crippen LogP contribution in [-0.2, 0) is 20.2 Å². The molecule has 1 aromatic carbocycles. The number of nitrogens with zero attached hydrogens (tertiary/aromatic N) is 5. The van der Waals surface area contributed by atoms with E-state index in [2.05, 4.69) is 19.8 Å². The van der Waals surface area contributed by atoms with Crippen LogP contribution in [0.5, 0.6) is 11.6 Å². The van der Waals surface area contributed by atoms with E-state index in [0.29, 0.717) is 4.09 Å². The Bertz CT molecular complexity index is 1350. The Morgan fingerprint density at radius 1 is 1.13 bits per heavy atom. The third kappa shape index (κ3) is 5.04. The SMILES string of the molecule is CN(C)S(=O)(=O)n1cnc(S(=O)(=O)Nc2ccc(Oc3ncc(Cl)cc3Cl)c(F)c2)n1. The van der Waals surface area contributed by atoms with Crippen LogP contribution < -0.4 is 9.46 Å². The standard InChI is InChI=1S/C15H13Cl2FN6O5S2/c1-23(2)31(27,28)24-8-20-15(21-24)30(25,26)22-10-3-4-13(12(18)6-10)29-14-11(17)5-9(16)7-19-14/h3-8,22H,1-2H3. The third-order valence-electron chi connectivity index (χ3n) is 3.55. The number of benzene rings is 1. The van der Waals surface area contributed by atoms with E-state index in [1.54, 1.807) is 0 Å². The van der Waals surface area contributed by atoms with E-state index in [-0.39, 0.29) is 27.4 Å². The average Bonchev–Trinajstić information content (AvgIpc) is 3.17. The molecular formula is C15H13Cl2FN6O5S2. The summed E-state index contributed by atoms with van der Waals surface area (Å²) in [5.41, 5.74) is -0.188. The highest BCUT2D eigenvalue weighted by Crippen LogP contribution is 2.31. The third-order valence-corrected chi connectivity index (χ3v) is 6.78. The van der Waals surface area contributed by atoms with E-state index in [1.807, 2.05) is 0 Å². The summed E-state index contributed by atoms with van der Waals surface area (Å²) in [4.78, 5) is 7.32. The van der Waals surface area contributed by atoms with E-state index in [1.165, 1.54) is 32.4 Å². The number of sulfonamides is 1. The Balaban J connectivity index is 1.81. The summed E-state index contributed by atoms with van der Waals surface area (Å²) in [6, 6.07) is 4.54. The molecule has 31 heavy (non-hydrogen) atoms. The molecule has 3 rings (SSSR count). The van der Waals surface area contributed by atoms with Gasteiger partial charge in [-0.25, -0.2) is 14.4 Å². The summed E-state index contributed by atoms with van der Waals surface area (Å²) in [6.07, 6.45) is 1.98. The van der Waals surface area contributed by atoms with Crippen LogP contribution in [0.25, 0.3) is 0 Å². The molecule has 0 aliphatic carbocycles. The fourth-order valence-corrected chi connectivity index (χ4v) is 4.13. The zero-order chi connectivity index (χ0) is 23.0. The van der Waals surface area contributed by atoms with Crippen LogP contribution >= 0.6 is 23.2 Å². The van der Waals surface area contributed by atoms with Crippen molar-refractivity contribution in [1.29, 1.82) is 0 Å². The van der Waals surface area contributed by atoms with Crippen molar-refractivity contribution in [3.8, 4) is 11.6 Å². The van der Waals surface area contributed by atoms with Gasteiger partial charge in [0.25, 0.3) is 15.2 Å². The molecule has 1 N–H and O–H groups in total. The van der Waals surface area contributed by atoms with Gasteiger partial charge >= 0.3 is 10.2 Å². The first-order chi connectivity index (χ1) is 14.4. The van der Waals surface area contributed by atoms with Crippen molar-refractivity contribution in [1.82, 2.24) is 23.5 Å². The minimum Gasteiger partial charge on any atom is -0.434 e. The monoisotopic (exact) mass is 510 g/mol. The van der Waals surface area contributed by atoms with Crippen LogP contribution in [0.4, 0.5) is 10.1 Å². The molecule has 11 nitrogen and oxygen atoms in total. The smallest absolute Gasteiger partial charge is 0.323 e. The zero-order valence-electron chi connectivity index (χ0n) is 15.7. The van der Waals surface area contributed by atoms with Gasteiger partial charge in [0.15, 0.2) is 11.6 Å². The lowest BCUT2D eigenvalue weighted by atomic mass is 10.3. The molecule has 2 heterocycles. The summed E-state index contributed by atoms with van der Waals surface area (Å²) in [5, 5.41) is 2.94. The van der Waals surface area contributed by atoms with Gasteiger partial charge in [-0.05, 0) is 18.2 Å². The second kappa shape index (κ2) is 8.55. The largest absolute Gasteiger partial charge is 0.434 e. The summed E-state index contributed by atoms with van der Waals surface area (Å²) < 4.78 is 71.8. The summed E-state index contributed by atoms with van der Waals surface area (Å²) in [5.74, 6) is -1.31. The molecule has 0 saturated heterocycles. The van der Waals surface area contributed by atoms with Crippen molar-refractivity contribution in [2.45, 2.75) is 5.16 Å². The molecule has 0 fully saturated rings. The van der Waals surface area contributed by atoms with E-state index in [0.717, 1.165) is 22.8 Å². The molecule has 16 heteroatoms. The zero-order valence-corrected chi connectivity index (χ0v) is 18.8. The maximum absolute atomic E-state index is 14.4. The van der Waals surface area contributed by atoms with E-state index in [4.69, 9.17) is 27.9 Å². The number of aromatic nitrogens is 4. The van der Waals surface area contributed by atoms with E-state index < -0.39 is 31.2 Å². The highest BCUT2D eigenvalue weighted by atomic mass is 35.5. The van der Waals surface area contributed by atoms with Gasteiger partial charge in [-0.2, -0.15) is 21.1 Å². The molecule has 166 valence electrons. The van der Waals surface area contributed by atoms with E-state index in [9.17, 15) is 21.2 Å². The number of pyridine rings is 1. The number of nitrogens with one attached hydrogen (secondary N) is 1. The maximum Gasteiger partial charge on any atom is 0.323 e. The van der Waals surface area contributed by atoms with Crippen molar-refractivity contribution in [3.05, 3.63) is 52.7 Å². The fourth-order valence-electron chi connectivity index (χ4n) is 2.07. The summed E-state index contributed by atoms with van der Waals surface area (Å²) in [7, 11) is -5.99. The van der Waals surface area contributed by atoms with Crippen molar-refractivity contribution < 1.29 is 26.0 Å². The molecular weight excluding hydrogens is 498 g/mol. The van der Waals surface area contributed by atoms with Gasteiger partial charge < -0.3 is 4.74 Å². The van der Waals surface area contributed by atoms with Crippen molar-refractivity contribution >= 4 is 49.1 Å². The number of hydrogen-bond acceptors (Lipinski definition) is 8. The van der Waals surface area contributed by atoms with Gasteiger partial charge in [0, 0.05) is 26.4 Å². The average molecular weight is 511 g/mol. The number of rotatable bonds is 7. The minimum atomic E-state index is -4.41. The Hall–Kier alpha value is -2.52. The van der Waals surface area contributed by atoms with Crippen LogP contribution in [0, 0.1) is 5.82 Å². The molecule has 0 aliphatic rings. The van der Waals surface area contributed by atoms with Gasteiger partial charge in [0.05, 0.1) is 10.7 Å². The van der Waals surface area contributed by atoms with Crippen molar-refractivity contribution in [3.63, 3.8) is 0 Å². The number of halogens is 3. The van der Waals surface area contributed by atoms with Crippen LogP contribution in [0.3, 0.4) is 0 Å². The fraction of sp³-hybridized carbons (Fsp3) is 0.133. The van der Waals surface area contributed by atoms with Crippen LogP contribution in [-0.4, -0.2) is 54.4 Å². The molecule has 0 amide bonds. The molecule has 0 unspecified atom stereocenters. The van der Waals surface area contributed by atoms with Gasteiger partial charge in [-0.1, -0.05) is 23.2 Å². The summed E-state index contributed by atoms with van der Waals surface area (Å²) in [6.45, 7) is 0. The molecule has 0 atom stereocenters. The van der Waals surface area contributed by atoms with Gasteiger partial charge in [-0.15, -0.1) is 9.19 Å². The van der Waals surface area contributed by atoms with Crippen LogP contribution in [0.1, 0.15) is 0 Å². The lowest BCUT2D eigenvalue weighted by Gasteiger charge is -2.10. The quantitative estimate of drug-likeness (QED) is 0.511. The Morgan fingerprint density at radius 2 is 1.84 bits per heavy atom. The second-order valence-electron chi connectivity index (χ2n) is 5.98. The highest BCUT2D eigenvalue weighted by Gasteiger charge is 2.25. The Labute approximate surface area is 186 Å². The van der Waals surface area contributed by atoms with Crippen LogP contribution in [0.15, 0.2) is 41.9 Å².